The highest BCUT2D eigenvalue weighted by atomic mass is 16.4. The summed E-state index contributed by atoms with van der Waals surface area (Å²) < 4.78 is 0. The van der Waals surface area contributed by atoms with Crippen LogP contribution in [0.1, 0.15) is 70.4 Å². The van der Waals surface area contributed by atoms with Crippen LogP contribution in [0.25, 0.3) is 16.8 Å². The number of carboxylic acids is 1. The van der Waals surface area contributed by atoms with Gasteiger partial charge in [0, 0.05) is 6.54 Å². The number of nitrogens with zero attached hydrogens (tertiary/aromatic N) is 1. The third kappa shape index (κ3) is 5.81. The molecule has 1 N–H and O–H groups in total. The molecule has 4 rings (SSSR count). The fourth-order valence-electron chi connectivity index (χ4n) is 5.48. The van der Waals surface area contributed by atoms with Gasteiger partial charge in [-0.25, -0.2) is 0 Å². The van der Waals surface area contributed by atoms with E-state index in [2.05, 4.69) is 68.1 Å². The van der Waals surface area contributed by atoms with E-state index >= 15 is 0 Å². The minimum atomic E-state index is -0.633. The molecular formula is C29H39NO2. The second-order valence-electron chi connectivity index (χ2n) is 11.1. The standard InChI is InChI=1S/C29H39NO2/c1-29(2,3)27-10-6-21(7-11-27)18-23-5-9-25-19-22(4-8-26(25)20-23)12-15-30-16-13-24(14-17-30)28(31)32/h4-5,8-9,18-20,24,27H,6-7,10-17H2,1-3H3,(H,31,32). The van der Waals surface area contributed by atoms with Gasteiger partial charge < -0.3 is 10.0 Å². The quantitative estimate of drug-likeness (QED) is 0.564. The lowest BCUT2D eigenvalue weighted by Gasteiger charge is -2.34. The number of benzene rings is 2. The van der Waals surface area contributed by atoms with Crippen molar-refractivity contribution >= 4 is 22.8 Å². The number of fused-ring (bicyclic) bond motifs is 1. The second-order valence-corrected chi connectivity index (χ2v) is 11.1. The molecule has 2 aliphatic rings. The second kappa shape index (κ2) is 9.79. The number of hydrogen-bond donors (Lipinski definition) is 1. The van der Waals surface area contributed by atoms with Crippen LogP contribution in [0.2, 0.25) is 0 Å². The molecule has 2 aromatic rings. The van der Waals surface area contributed by atoms with Crippen molar-refractivity contribution in [1.82, 2.24) is 4.90 Å². The SMILES string of the molecule is CC(C)(C)C1CCC(=Cc2ccc3cc(CCN4CCC(C(=O)O)CC4)ccc3c2)CC1. The van der Waals surface area contributed by atoms with Gasteiger partial charge in [0.05, 0.1) is 5.92 Å². The van der Waals surface area contributed by atoms with E-state index in [1.54, 1.807) is 5.57 Å². The molecule has 2 fully saturated rings. The van der Waals surface area contributed by atoms with E-state index in [-0.39, 0.29) is 5.92 Å². The molecule has 0 spiro atoms. The topological polar surface area (TPSA) is 40.5 Å². The lowest BCUT2D eigenvalue weighted by atomic mass is 9.71. The van der Waals surface area contributed by atoms with Crippen LogP contribution in [-0.4, -0.2) is 35.6 Å². The molecule has 0 radical (unpaired) electrons. The molecule has 1 heterocycles. The molecule has 1 saturated carbocycles. The van der Waals surface area contributed by atoms with Crippen molar-refractivity contribution < 1.29 is 9.90 Å². The molecule has 172 valence electrons. The maximum absolute atomic E-state index is 11.1. The smallest absolute Gasteiger partial charge is 0.306 e. The van der Waals surface area contributed by atoms with Crippen molar-refractivity contribution in [3.63, 3.8) is 0 Å². The Morgan fingerprint density at radius 2 is 1.66 bits per heavy atom. The Hall–Kier alpha value is -2.13. The molecule has 0 bridgehead atoms. The van der Waals surface area contributed by atoms with E-state index in [9.17, 15) is 4.79 Å². The first kappa shape index (κ1) is 23.0. The van der Waals surface area contributed by atoms with E-state index in [1.165, 1.54) is 47.6 Å². The van der Waals surface area contributed by atoms with Gasteiger partial charge in [0.15, 0.2) is 0 Å². The van der Waals surface area contributed by atoms with E-state index in [1.807, 2.05) is 0 Å². The highest BCUT2D eigenvalue weighted by molar-refractivity contribution is 5.85. The fourth-order valence-corrected chi connectivity index (χ4v) is 5.48. The van der Waals surface area contributed by atoms with Crippen LogP contribution in [0.15, 0.2) is 42.0 Å². The van der Waals surface area contributed by atoms with Gasteiger partial charge in [-0.3, -0.25) is 4.79 Å². The van der Waals surface area contributed by atoms with Gasteiger partial charge in [-0.15, -0.1) is 0 Å². The van der Waals surface area contributed by atoms with Gasteiger partial charge in [-0.05, 0) is 97.3 Å². The van der Waals surface area contributed by atoms with E-state index in [0.29, 0.717) is 5.41 Å². The summed E-state index contributed by atoms with van der Waals surface area (Å²) in [5.74, 6) is 0.0644. The number of hydrogen-bond acceptors (Lipinski definition) is 2. The third-order valence-electron chi connectivity index (χ3n) is 7.81. The van der Waals surface area contributed by atoms with Gasteiger partial charge in [0.2, 0.25) is 0 Å². The van der Waals surface area contributed by atoms with Crippen molar-refractivity contribution in [2.24, 2.45) is 17.3 Å². The summed E-state index contributed by atoms with van der Waals surface area (Å²) in [6, 6.07) is 13.7. The Bertz CT molecular complexity index is 966. The molecule has 3 heteroatoms. The summed E-state index contributed by atoms with van der Waals surface area (Å²) in [6.45, 7) is 9.96. The zero-order valence-electron chi connectivity index (χ0n) is 20.1. The molecule has 2 aromatic carbocycles. The van der Waals surface area contributed by atoms with Crippen molar-refractivity contribution in [2.75, 3.05) is 19.6 Å². The number of allylic oxidation sites excluding steroid dienone is 1. The summed E-state index contributed by atoms with van der Waals surface area (Å²) >= 11 is 0. The van der Waals surface area contributed by atoms with Gasteiger partial charge in [0.1, 0.15) is 0 Å². The van der Waals surface area contributed by atoms with Crippen LogP contribution in [0.4, 0.5) is 0 Å². The Morgan fingerprint density at radius 1 is 1.00 bits per heavy atom. The normalized spacial score (nSPS) is 21.1. The van der Waals surface area contributed by atoms with E-state index in [0.717, 1.165) is 44.8 Å². The lowest BCUT2D eigenvalue weighted by Crippen LogP contribution is -2.37. The van der Waals surface area contributed by atoms with Gasteiger partial charge in [0.25, 0.3) is 0 Å². The van der Waals surface area contributed by atoms with Crippen LogP contribution in [-0.2, 0) is 11.2 Å². The molecule has 0 aromatic heterocycles. The predicted octanol–water partition coefficient (Wildman–Crippen LogP) is 6.80. The maximum atomic E-state index is 11.1. The van der Waals surface area contributed by atoms with Crippen molar-refractivity contribution in [3.05, 3.63) is 53.1 Å². The molecule has 1 aliphatic carbocycles. The van der Waals surface area contributed by atoms with Gasteiger partial charge in [-0.2, -0.15) is 0 Å². The van der Waals surface area contributed by atoms with Crippen LogP contribution in [0, 0.1) is 17.3 Å². The molecule has 0 amide bonds. The largest absolute Gasteiger partial charge is 0.481 e. The maximum Gasteiger partial charge on any atom is 0.306 e. The average molecular weight is 434 g/mol. The Labute approximate surface area is 193 Å². The molecule has 1 aliphatic heterocycles. The first-order valence-electron chi connectivity index (χ1n) is 12.5. The van der Waals surface area contributed by atoms with Crippen LogP contribution in [0.5, 0.6) is 0 Å². The number of aliphatic carboxylic acids is 1. The zero-order valence-corrected chi connectivity index (χ0v) is 20.1. The van der Waals surface area contributed by atoms with Crippen LogP contribution < -0.4 is 0 Å². The zero-order chi connectivity index (χ0) is 22.7. The molecule has 0 atom stereocenters. The van der Waals surface area contributed by atoms with E-state index in [4.69, 9.17) is 5.11 Å². The number of piperidine rings is 1. The van der Waals surface area contributed by atoms with E-state index < -0.39 is 5.97 Å². The summed E-state index contributed by atoms with van der Waals surface area (Å²) in [5.41, 5.74) is 4.73. The summed E-state index contributed by atoms with van der Waals surface area (Å²) in [6.07, 6.45) is 10.1. The molecule has 0 unspecified atom stereocenters. The number of likely N-dealkylation sites (tertiary alicyclic amines) is 1. The Balaban J connectivity index is 1.34. The van der Waals surface area contributed by atoms with Crippen LogP contribution in [0.3, 0.4) is 0 Å². The minimum absolute atomic E-state index is 0.149. The first-order valence-corrected chi connectivity index (χ1v) is 12.5. The summed E-state index contributed by atoms with van der Waals surface area (Å²) in [7, 11) is 0. The Kier molecular flexibility index (Phi) is 7.05. The van der Waals surface area contributed by atoms with Gasteiger partial charge >= 0.3 is 5.97 Å². The number of rotatable bonds is 5. The summed E-state index contributed by atoms with van der Waals surface area (Å²) in [5, 5.41) is 11.8. The summed E-state index contributed by atoms with van der Waals surface area (Å²) in [4.78, 5) is 13.5. The fraction of sp³-hybridized carbons (Fsp3) is 0.552. The van der Waals surface area contributed by atoms with Crippen molar-refractivity contribution in [3.8, 4) is 0 Å². The highest BCUT2D eigenvalue weighted by Gasteiger charge is 2.27. The number of carbonyl (C=O) groups is 1. The molecule has 3 nitrogen and oxygen atoms in total. The van der Waals surface area contributed by atoms with Crippen molar-refractivity contribution in [1.29, 1.82) is 0 Å². The average Bonchev–Trinajstić information content (AvgIpc) is 2.77. The minimum Gasteiger partial charge on any atom is -0.481 e. The predicted molar refractivity (Wildman–Crippen MR) is 134 cm³/mol. The molecule has 32 heavy (non-hydrogen) atoms. The molecular weight excluding hydrogens is 394 g/mol. The van der Waals surface area contributed by atoms with Crippen LogP contribution >= 0.6 is 0 Å². The monoisotopic (exact) mass is 433 g/mol. The van der Waals surface area contributed by atoms with Crippen molar-refractivity contribution in [2.45, 2.75) is 65.7 Å². The first-order chi connectivity index (χ1) is 15.3. The Morgan fingerprint density at radius 3 is 2.31 bits per heavy atom. The van der Waals surface area contributed by atoms with Gasteiger partial charge in [-0.1, -0.05) is 62.8 Å². The lowest BCUT2D eigenvalue weighted by molar-refractivity contribution is -0.143. The highest BCUT2D eigenvalue weighted by Crippen LogP contribution is 2.40. The number of carboxylic acid groups (broad SMARTS) is 1. The third-order valence-corrected chi connectivity index (χ3v) is 7.81. The molecule has 1 saturated heterocycles.